The van der Waals surface area contributed by atoms with Crippen LogP contribution < -0.4 is 4.90 Å². The molecule has 3 aliphatic rings. The number of benzene rings is 5. The van der Waals surface area contributed by atoms with Crippen molar-refractivity contribution in [1.29, 1.82) is 10.5 Å². The molecule has 1 aliphatic heterocycles. The largest absolute Gasteiger partial charge is 0.333 e. The summed E-state index contributed by atoms with van der Waals surface area (Å²) >= 11 is 0. The fourth-order valence-corrected chi connectivity index (χ4v) is 8.18. The minimum atomic E-state index is 0.229. The maximum atomic E-state index is 10.3. The Hall–Kier alpha value is -6.36. The summed E-state index contributed by atoms with van der Waals surface area (Å²) in [6, 6.07) is 42.8. The molecular formula is C45H32N4. The normalized spacial score (nSPS) is 17.7. The molecule has 2 heterocycles. The predicted molar refractivity (Wildman–Crippen MR) is 198 cm³/mol. The molecule has 49 heavy (non-hydrogen) atoms. The van der Waals surface area contributed by atoms with Crippen molar-refractivity contribution in [2.45, 2.75) is 25.3 Å². The maximum Gasteiger partial charge on any atom is 0.0998 e. The zero-order valence-corrected chi connectivity index (χ0v) is 26.9. The Morgan fingerprint density at radius 1 is 0.694 bits per heavy atom. The minimum Gasteiger partial charge on any atom is -0.333 e. The van der Waals surface area contributed by atoms with Gasteiger partial charge in [-0.05, 0) is 90.6 Å². The van der Waals surface area contributed by atoms with E-state index < -0.39 is 0 Å². The number of nitrogens with zero attached hydrogens (tertiary/aromatic N) is 4. The van der Waals surface area contributed by atoms with Gasteiger partial charge in [0.25, 0.3) is 0 Å². The molecule has 0 saturated heterocycles. The van der Waals surface area contributed by atoms with Gasteiger partial charge < -0.3 is 9.47 Å². The van der Waals surface area contributed by atoms with E-state index >= 15 is 0 Å². The number of hydrogen-bond acceptors (Lipinski definition) is 3. The number of anilines is 1. The molecule has 0 bridgehead atoms. The molecule has 2 atom stereocenters. The summed E-state index contributed by atoms with van der Waals surface area (Å²) in [6.45, 7) is 0. The highest BCUT2D eigenvalue weighted by Crippen LogP contribution is 2.47. The molecule has 6 aromatic rings. The highest BCUT2D eigenvalue weighted by molar-refractivity contribution is 6.11. The van der Waals surface area contributed by atoms with E-state index in [0.29, 0.717) is 17.0 Å². The van der Waals surface area contributed by atoms with Crippen molar-refractivity contribution in [2.24, 2.45) is 5.92 Å². The minimum absolute atomic E-state index is 0.229. The van der Waals surface area contributed by atoms with Crippen molar-refractivity contribution < 1.29 is 0 Å². The third-order valence-electron chi connectivity index (χ3n) is 10.3. The average molecular weight is 629 g/mol. The first-order chi connectivity index (χ1) is 24.2. The van der Waals surface area contributed by atoms with E-state index in [9.17, 15) is 10.5 Å². The third kappa shape index (κ3) is 4.65. The molecule has 0 N–H and O–H groups in total. The lowest BCUT2D eigenvalue weighted by molar-refractivity contribution is 0.658. The van der Waals surface area contributed by atoms with Crippen molar-refractivity contribution in [3.63, 3.8) is 0 Å². The summed E-state index contributed by atoms with van der Waals surface area (Å²) in [7, 11) is 0. The fourth-order valence-electron chi connectivity index (χ4n) is 8.18. The average Bonchev–Trinajstić information content (AvgIpc) is 3.68. The number of fused-ring (bicyclic) bond motifs is 5. The van der Waals surface area contributed by atoms with Crippen LogP contribution in [0.5, 0.6) is 0 Å². The molecule has 1 aromatic heterocycles. The summed E-state index contributed by atoms with van der Waals surface area (Å²) in [5, 5.41) is 22.2. The summed E-state index contributed by atoms with van der Waals surface area (Å²) in [4.78, 5) is 2.49. The van der Waals surface area contributed by atoms with Crippen LogP contribution >= 0.6 is 0 Å². The Morgan fingerprint density at radius 3 is 2.35 bits per heavy atom. The fraction of sp³-hybridized carbons (Fsp3) is 0.111. The van der Waals surface area contributed by atoms with Gasteiger partial charge in [0.2, 0.25) is 0 Å². The van der Waals surface area contributed by atoms with E-state index in [-0.39, 0.29) is 6.04 Å². The number of allylic oxidation sites excluding steroid dienone is 4. The van der Waals surface area contributed by atoms with Crippen LogP contribution in [0.15, 0.2) is 157 Å². The molecular weight excluding hydrogens is 597 g/mol. The number of hydrogen-bond donors (Lipinski definition) is 0. The molecule has 2 aliphatic carbocycles. The van der Waals surface area contributed by atoms with Gasteiger partial charge >= 0.3 is 0 Å². The van der Waals surface area contributed by atoms with Gasteiger partial charge in [0, 0.05) is 44.9 Å². The van der Waals surface area contributed by atoms with Gasteiger partial charge in [-0.1, -0.05) is 91.0 Å². The summed E-state index contributed by atoms with van der Waals surface area (Å²) in [5.41, 5.74) is 12.9. The van der Waals surface area contributed by atoms with E-state index in [1.165, 1.54) is 16.8 Å². The molecule has 0 saturated carbocycles. The van der Waals surface area contributed by atoms with Crippen LogP contribution in [0.25, 0.3) is 38.6 Å². The Bertz CT molecular complexity index is 2510. The van der Waals surface area contributed by atoms with Gasteiger partial charge in [-0.15, -0.1) is 0 Å². The second-order valence-electron chi connectivity index (χ2n) is 13.0. The monoisotopic (exact) mass is 628 g/mol. The van der Waals surface area contributed by atoms with Gasteiger partial charge in [0.15, 0.2) is 0 Å². The Balaban J connectivity index is 1.08. The van der Waals surface area contributed by atoms with E-state index in [1.54, 1.807) is 0 Å². The topological polar surface area (TPSA) is 55.8 Å². The summed E-state index contributed by atoms with van der Waals surface area (Å²) < 4.78 is 2.24. The maximum absolute atomic E-state index is 10.3. The van der Waals surface area contributed by atoms with Crippen LogP contribution in [0.1, 0.15) is 35.1 Å². The third-order valence-corrected chi connectivity index (χ3v) is 10.3. The Kier molecular flexibility index (Phi) is 6.89. The predicted octanol–water partition coefficient (Wildman–Crippen LogP) is 10.3. The lowest BCUT2D eigenvalue weighted by Crippen LogP contribution is -2.32. The number of rotatable bonds is 5. The number of aromatic nitrogens is 1. The molecule has 232 valence electrons. The smallest absolute Gasteiger partial charge is 0.0998 e. The van der Waals surface area contributed by atoms with Crippen molar-refractivity contribution in [3.05, 3.63) is 179 Å². The van der Waals surface area contributed by atoms with Gasteiger partial charge in [-0.2, -0.15) is 10.5 Å². The lowest BCUT2D eigenvalue weighted by Gasteiger charge is -2.32. The molecule has 0 radical (unpaired) electrons. The number of nitriles is 2. The van der Waals surface area contributed by atoms with Crippen molar-refractivity contribution >= 4 is 27.5 Å². The quantitative estimate of drug-likeness (QED) is 0.191. The van der Waals surface area contributed by atoms with Crippen LogP contribution in [-0.2, 0) is 6.42 Å². The zero-order chi connectivity index (χ0) is 32.9. The molecule has 0 amide bonds. The van der Waals surface area contributed by atoms with Crippen LogP contribution in [0, 0.1) is 28.6 Å². The van der Waals surface area contributed by atoms with Gasteiger partial charge in [-0.3, -0.25) is 0 Å². The Labute approximate surface area is 286 Å². The first kappa shape index (κ1) is 28.8. The van der Waals surface area contributed by atoms with Crippen LogP contribution in [0.2, 0.25) is 0 Å². The van der Waals surface area contributed by atoms with Crippen molar-refractivity contribution in [1.82, 2.24) is 4.57 Å². The molecule has 0 fully saturated rings. The highest BCUT2D eigenvalue weighted by atomic mass is 15.2. The molecule has 2 unspecified atom stereocenters. The SMILES string of the molecule is N#Cc1ccc(Cc2ccc(-n3c4ccccc4c4c(C#N)cccc43)cc2)cc1-c1ccccc1N1C2=C(CCC=C2)C2C=CC=CC21. The number of para-hydroxylation sites is 2. The van der Waals surface area contributed by atoms with Crippen LogP contribution in [0.3, 0.4) is 0 Å². The zero-order valence-electron chi connectivity index (χ0n) is 26.9. The van der Waals surface area contributed by atoms with Crippen LogP contribution in [-0.4, -0.2) is 10.6 Å². The van der Waals surface area contributed by atoms with Gasteiger partial charge in [-0.25, -0.2) is 0 Å². The first-order valence-electron chi connectivity index (χ1n) is 16.9. The first-order valence-corrected chi connectivity index (χ1v) is 16.9. The van der Waals surface area contributed by atoms with Crippen molar-refractivity contribution in [3.8, 4) is 29.0 Å². The summed E-state index contributed by atoms with van der Waals surface area (Å²) in [5.74, 6) is 0.374. The van der Waals surface area contributed by atoms with E-state index in [2.05, 4.69) is 137 Å². The van der Waals surface area contributed by atoms with Crippen LogP contribution in [0.4, 0.5) is 5.69 Å². The van der Waals surface area contributed by atoms with E-state index in [1.807, 2.05) is 30.3 Å². The molecule has 4 heteroatoms. The standard InChI is InChI=1S/C45H32N4/c46-28-32-23-20-31(26-30-21-24-34(25-22-30)48-43-18-8-4-14-38(43)45-33(29-47)10-9-19-44(45)48)27-39(32)37-13-3-7-17-42(37)49-40-15-5-1-11-35(40)36-12-2-6-16-41(36)49/h1,3-11,13-25,27,35,40H,2,12,26H2. The van der Waals surface area contributed by atoms with Gasteiger partial charge in [0.05, 0.1) is 40.3 Å². The molecule has 9 rings (SSSR count). The Morgan fingerprint density at radius 2 is 1.47 bits per heavy atom. The second kappa shape index (κ2) is 11.7. The van der Waals surface area contributed by atoms with E-state index in [0.717, 1.165) is 69.1 Å². The summed E-state index contributed by atoms with van der Waals surface area (Å²) in [6.07, 6.45) is 16.5. The van der Waals surface area contributed by atoms with Gasteiger partial charge in [0.1, 0.15) is 0 Å². The molecule has 5 aromatic carbocycles. The van der Waals surface area contributed by atoms with E-state index in [4.69, 9.17) is 0 Å². The molecule has 4 nitrogen and oxygen atoms in total. The highest BCUT2D eigenvalue weighted by Gasteiger charge is 2.39. The second-order valence-corrected chi connectivity index (χ2v) is 13.0. The molecule has 0 spiro atoms. The lowest BCUT2D eigenvalue weighted by atomic mass is 9.87. The van der Waals surface area contributed by atoms with Crippen molar-refractivity contribution in [2.75, 3.05) is 4.90 Å².